The van der Waals surface area contributed by atoms with Gasteiger partial charge in [0, 0.05) is 4.88 Å². The second-order valence-corrected chi connectivity index (χ2v) is 5.33. The number of nitrogens with two attached hydrogens (primary N) is 1. The zero-order valence-corrected chi connectivity index (χ0v) is 11.0. The predicted molar refractivity (Wildman–Crippen MR) is 73.1 cm³/mol. The van der Waals surface area contributed by atoms with Crippen LogP contribution >= 0.6 is 11.3 Å². The minimum Gasteiger partial charge on any atom is -0.397 e. The first-order valence-corrected chi connectivity index (χ1v) is 6.22. The number of hydrogen-bond acceptors (Lipinski definition) is 3. The van der Waals surface area contributed by atoms with Gasteiger partial charge in [0.05, 0.1) is 5.69 Å². The van der Waals surface area contributed by atoms with Crippen LogP contribution in [0.2, 0.25) is 0 Å². The molecule has 0 saturated carbocycles. The normalized spacial score (nSPS) is 10.2. The zero-order valence-electron chi connectivity index (χ0n) is 10.2. The second-order valence-electron chi connectivity index (χ2n) is 4.28. The van der Waals surface area contributed by atoms with E-state index in [1.54, 1.807) is 0 Å². The fourth-order valence-electron chi connectivity index (χ4n) is 2.18. The van der Waals surface area contributed by atoms with Crippen LogP contribution in [-0.4, -0.2) is 0 Å². The third-order valence-electron chi connectivity index (χ3n) is 2.79. The topological polar surface area (TPSA) is 49.8 Å². The summed E-state index contributed by atoms with van der Waals surface area (Å²) in [7, 11) is 0. The molecule has 2 nitrogen and oxygen atoms in total. The molecular weight excluding hydrogens is 228 g/mol. The van der Waals surface area contributed by atoms with Gasteiger partial charge in [-0.1, -0.05) is 17.7 Å². The van der Waals surface area contributed by atoms with E-state index in [0.29, 0.717) is 10.6 Å². The lowest BCUT2D eigenvalue weighted by molar-refractivity contribution is 1.33. The molecule has 0 bridgehead atoms. The first-order chi connectivity index (χ1) is 8.02. The minimum atomic E-state index is 0.576. The van der Waals surface area contributed by atoms with Crippen molar-refractivity contribution in [3.05, 3.63) is 39.8 Å². The summed E-state index contributed by atoms with van der Waals surface area (Å²) in [4.78, 5) is 1.67. The summed E-state index contributed by atoms with van der Waals surface area (Å²) in [6, 6.07) is 8.34. The number of aryl methyl sites for hydroxylation is 3. The molecule has 3 heteroatoms. The second kappa shape index (κ2) is 4.23. The third kappa shape index (κ3) is 2.04. The van der Waals surface area contributed by atoms with Gasteiger partial charge in [-0.2, -0.15) is 5.26 Å². The van der Waals surface area contributed by atoms with Crippen LogP contribution in [0.5, 0.6) is 0 Å². The Morgan fingerprint density at radius 2 is 1.71 bits per heavy atom. The number of benzene rings is 1. The highest BCUT2D eigenvalue weighted by Crippen LogP contribution is 2.36. The Bertz CT molecular complexity index is 595. The van der Waals surface area contributed by atoms with Crippen LogP contribution in [-0.2, 0) is 0 Å². The Morgan fingerprint density at radius 1 is 1.12 bits per heavy atom. The predicted octanol–water partition coefficient (Wildman–Crippen LogP) is 3.79. The van der Waals surface area contributed by atoms with Gasteiger partial charge in [0.2, 0.25) is 0 Å². The van der Waals surface area contributed by atoms with E-state index in [4.69, 9.17) is 11.0 Å². The Kier molecular flexibility index (Phi) is 2.91. The van der Waals surface area contributed by atoms with E-state index < -0.39 is 0 Å². The molecule has 1 aromatic carbocycles. The number of anilines is 1. The maximum absolute atomic E-state index is 8.94. The Labute approximate surface area is 105 Å². The van der Waals surface area contributed by atoms with Crippen LogP contribution in [0, 0.1) is 32.1 Å². The molecule has 0 fully saturated rings. The van der Waals surface area contributed by atoms with Gasteiger partial charge in [-0.15, -0.1) is 11.3 Å². The molecule has 0 radical (unpaired) electrons. The van der Waals surface area contributed by atoms with E-state index in [9.17, 15) is 0 Å². The summed E-state index contributed by atoms with van der Waals surface area (Å²) in [5.74, 6) is 0. The standard InChI is InChI=1S/C14H14N2S/c1-8-4-9(2)14(10(3)5-8)12-6-11(16)13(7-15)17-12/h4-6H,16H2,1-3H3. The molecule has 1 aromatic heterocycles. The molecule has 0 amide bonds. The van der Waals surface area contributed by atoms with E-state index in [0.717, 1.165) is 4.88 Å². The van der Waals surface area contributed by atoms with Crippen LogP contribution in [0.4, 0.5) is 5.69 Å². The largest absolute Gasteiger partial charge is 0.397 e. The summed E-state index contributed by atoms with van der Waals surface area (Å²) < 4.78 is 0. The minimum absolute atomic E-state index is 0.576. The lowest BCUT2D eigenvalue weighted by atomic mass is 9.98. The van der Waals surface area contributed by atoms with Crippen molar-refractivity contribution in [2.24, 2.45) is 0 Å². The van der Waals surface area contributed by atoms with Crippen molar-refractivity contribution in [2.75, 3.05) is 5.73 Å². The van der Waals surface area contributed by atoms with E-state index in [2.05, 4.69) is 39.0 Å². The Morgan fingerprint density at radius 3 is 2.18 bits per heavy atom. The van der Waals surface area contributed by atoms with E-state index >= 15 is 0 Å². The first-order valence-electron chi connectivity index (χ1n) is 5.40. The van der Waals surface area contributed by atoms with Crippen LogP contribution in [0.3, 0.4) is 0 Å². The highest BCUT2D eigenvalue weighted by molar-refractivity contribution is 7.16. The Balaban J connectivity index is 2.65. The molecule has 0 atom stereocenters. The smallest absolute Gasteiger partial charge is 0.128 e. The lowest BCUT2D eigenvalue weighted by Gasteiger charge is -2.09. The van der Waals surface area contributed by atoms with Crippen LogP contribution in [0.25, 0.3) is 10.4 Å². The van der Waals surface area contributed by atoms with Crippen molar-refractivity contribution in [1.82, 2.24) is 0 Å². The fourth-order valence-corrected chi connectivity index (χ4v) is 3.24. The monoisotopic (exact) mass is 242 g/mol. The summed E-state index contributed by atoms with van der Waals surface area (Å²) in [5.41, 5.74) is 11.3. The van der Waals surface area contributed by atoms with Crippen molar-refractivity contribution in [1.29, 1.82) is 5.26 Å². The summed E-state index contributed by atoms with van der Waals surface area (Å²) in [6.07, 6.45) is 0. The third-order valence-corrected chi connectivity index (χ3v) is 3.86. The summed E-state index contributed by atoms with van der Waals surface area (Å²) in [6.45, 7) is 6.28. The number of thiophene rings is 1. The van der Waals surface area contributed by atoms with Crippen molar-refractivity contribution >= 4 is 17.0 Å². The molecule has 0 aliphatic carbocycles. The average Bonchev–Trinajstić information content (AvgIpc) is 2.57. The molecule has 2 rings (SSSR count). The molecule has 0 spiro atoms. The molecular formula is C14H14N2S. The highest BCUT2D eigenvalue weighted by Gasteiger charge is 2.12. The summed E-state index contributed by atoms with van der Waals surface area (Å²) in [5, 5.41) is 8.94. The molecule has 2 aromatic rings. The van der Waals surface area contributed by atoms with Crippen LogP contribution in [0.15, 0.2) is 18.2 Å². The number of nitrogens with zero attached hydrogens (tertiary/aromatic N) is 1. The van der Waals surface area contributed by atoms with Gasteiger partial charge >= 0.3 is 0 Å². The number of rotatable bonds is 1. The first kappa shape index (κ1) is 11.7. The van der Waals surface area contributed by atoms with Gasteiger partial charge in [0.1, 0.15) is 10.9 Å². The Hall–Kier alpha value is -1.79. The summed E-state index contributed by atoms with van der Waals surface area (Å²) >= 11 is 1.46. The van der Waals surface area contributed by atoms with Crippen LogP contribution in [0.1, 0.15) is 21.6 Å². The van der Waals surface area contributed by atoms with Gasteiger partial charge in [0.25, 0.3) is 0 Å². The van der Waals surface area contributed by atoms with Gasteiger partial charge in [-0.3, -0.25) is 0 Å². The maximum atomic E-state index is 8.94. The van der Waals surface area contributed by atoms with E-state index in [-0.39, 0.29) is 0 Å². The number of nitrogen functional groups attached to an aromatic ring is 1. The average molecular weight is 242 g/mol. The quantitative estimate of drug-likeness (QED) is 0.827. The SMILES string of the molecule is Cc1cc(C)c(-c2cc(N)c(C#N)s2)c(C)c1. The van der Waals surface area contributed by atoms with Crippen LogP contribution < -0.4 is 5.73 Å². The molecule has 17 heavy (non-hydrogen) atoms. The molecule has 0 aliphatic heterocycles. The molecule has 2 N–H and O–H groups in total. The molecule has 86 valence electrons. The van der Waals surface area contributed by atoms with Crippen molar-refractivity contribution in [3.8, 4) is 16.5 Å². The number of nitriles is 1. The van der Waals surface area contributed by atoms with Crippen molar-refractivity contribution < 1.29 is 0 Å². The van der Waals surface area contributed by atoms with Crippen molar-refractivity contribution in [3.63, 3.8) is 0 Å². The molecule has 0 aliphatic rings. The van der Waals surface area contributed by atoms with Gasteiger partial charge < -0.3 is 5.73 Å². The van der Waals surface area contributed by atoms with E-state index in [1.165, 1.54) is 33.6 Å². The molecule has 0 unspecified atom stereocenters. The molecule has 0 saturated heterocycles. The molecule has 1 heterocycles. The zero-order chi connectivity index (χ0) is 12.6. The van der Waals surface area contributed by atoms with E-state index in [1.807, 2.05) is 6.07 Å². The van der Waals surface area contributed by atoms with Gasteiger partial charge in [-0.05, 0) is 43.5 Å². The fraction of sp³-hybridized carbons (Fsp3) is 0.214. The van der Waals surface area contributed by atoms with Gasteiger partial charge in [-0.25, -0.2) is 0 Å². The maximum Gasteiger partial charge on any atom is 0.128 e. The highest BCUT2D eigenvalue weighted by atomic mass is 32.1. The van der Waals surface area contributed by atoms with Gasteiger partial charge in [0.15, 0.2) is 0 Å². The number of hydrogen-bond donors (Lipinski definition) is 1. The van der Waals surface area contributed by atoms with Crippen molar-refractivity contribution in [2.45, 2.75) is 20.8 Å². The lowest BCUT2D eigenvalue weighted by Crippen LogP contribution is -1.88.